The van der Waals surface area contributed by atoms with Crippen LogP contribution in [0.25, 0.3) is 0 Å². The van der Waals surface area contributed by atoms with Crippen molar-refractivity contribution in [3.8, 4) is 0 Å². The summed E-state index contributed by atoms with van der Waals surface area (Å²) < 4.78 is 32.7. The summed E-state index contributed by atoms with van der Waals surface area (Å²) in [6.07, 6.45) is 5.49. The Balaban J connectivity index is 2.51. The second-order valence-electron chi connectivity index (χ2n) is 7.14. The van der Waals surface area contributed by atoms with Crippen LogP contribution in [0.3, 0.4) is 0 Å². The molecule has 1 aromatic rings. The van der Waals surface area contributed by atoms with E-state index in [2.05, 4.69) is 43.8 Å². The van der Waals surface area contributed by atoms with Crippen molar-refractivity contribution < 1.29 is 17.0 Å². The molecule has 0 saturated carbocycles. The first-order valence-electron chi connectivity index (χ1n) is 7.69. The summed E-state index contributed by atoms with van der Waals surface area (Å²) in [4.78, 5) is 8.62. The molecule has 1 aromatic heterocycles. The fourth-order valence-electron chi connectivity index (χ4n) is 1.62. The quantitative estimate of drug-likeness (QED) is 0.524. The van der Waals surface area contributed by atoms with Gasteiger partial charge in [-0.25, -0.2) is 0 Å². The molecule has 0 atom stereocenters. The molecule has 0 aromatic carbocycles. The Labute approximate surface area is 140 Å². The minimum Gasteiger partial charge on any atom is -0.416 e. The van der Waals surface area contributed by atoms with Crippen molar-refractivity contribution in [2.45, 2.75) is 51.7 Å². The first kappa shape index (κ1) is 20.2. The molecule has 8 heteroatoms. The molecule has 0 amide bonds. The van der Waals surface area contributed by atoms with Crippen LogP contribution in [0.5, 0.6) is 0 Å². The molecule has 0 radical (unpaired) electrons. The first-order chi connectivity index (χ1) is 10.4. The van der Waals surface area contributed by atoms with Crippen LogP contribution >= 0.6 is 0 Å². The van der Waals surface area contributed by atoms with Gasteiger partial charge in [0.15, 0.2) is 8.32 Å². The number of nitrogens with zero attached hydrogens (tertiary/aromatic N) is 2. The van der Waals surface area contributed by atoms with E-state index in [0.717, 1.165) is 17.6 Å². The maximum Gasteiger partial charge on any atom is 0.264 e. The molecule has 0 bridgehead atoms. The minimum absolute atomic E-state index is 0.0808. The average molecular weight is 361 g/mol. The van der Waals surface area contributed by atoms with Gasteiger partial charge in [-0.05, 0) is 18.1 Å². The van der Waals surface area contributed by atoms with E-state index >= 15 is 0 Å². The lowest BCUT2D eigenvalue weighted by Gasteiger charge is -2.36. The van der Waals surface area contributed by atoms with Gasteiger partial charge in [-0.15, -0.1) is 0 Å². The van der Waals surface area contributed by atoms with Crippen LogP contribution in [-0.4, -0.2) is 46.2 Å². The molecule has 0 fully saturated rings. The standard InChI is InChI=1S/C15H28N2O4SSi/c1-15(2,3)23(5,6)21-10-8-14-12-16-11-13(17-14)7-9-20-22(4,18)19/h11-12H,7-10H2,1-6H3. The van der Waals surface area contributed by atoms with E-state index in [9.17, 15) is 8.42 Å². The third-order valence-corrected chi connectivity index (χ3v) is 9.15. The first-order valence-corrected chi connectivity index (χ1v) is 12.4. The van der Waals surface area contributed by atoms with Gasteiger partial charge in [0.05, 0.1) is 24.3 Å². The normalized spacial score (nSPS) is 13.3. The van der Waals surface area contributed by atoms with Crippen molar-refractivity contribution in [1.82, 2.24) is 9.97 Å². The van der Waals surface area contributed by atoms with Crippen LogP contribution < -0.4 is 0 Å². The zero-order chi connectivity index (χ0) is 17.7. The van der Waals surface area contributed by atoms with Crippen molar-refractivity contribution in [3.63, 3.8) is 0 Å². The third-order valence-electron chi connectivity index (χ3n) is 4.02. The van der Waals surface area contributed by atoms with Crippen LogP contribution in [0.1, 0.15) is 32.2 Å². The Kier molecular flexibility index (Phi) is 6.88. The molecule has 0 unspecified atom stereocenters. The minimum atomic E-state index is -3.41. The molecule has 0 saturated heterocycles. The van der Waals surface area contributed by atoms with Crippen molar-refractivity contribution in [2.75, 3.05) is 19.5 Å². The average Bonchev–Trinajstić information content (AvgIpc) is 2.36. The Morgan fingerprint density at radius 1 is 1.09 bits per heavy atom. The Morgan fingerprint density at radius 2 is 1.61 bits per heavy atom. The number of hydrogen-bond donors (Lipinski definition) is 0. The smallest absolute Gasteiger partial charge is 0.264 e. The van der Waals surface area contributed by atoms with E-state index in [0.29, 0.717) is 19.4 Å². The summed E-state index contributed by atoms with van der Waals surface area (Å²) in [6.45, 7) is 11.8. The molecule has 23 heavy (non-hydrogen) atoms. The van der Waals surface area contributed by atoms with Crippen molar-refractivity contribution in [2.24, 2.45) is 0 Å². The van der Waals surface area contributed by atoms with Gasteiger partial charge >= 0.3 is 0 Å². The largest absolute Gasteiger partial charge is 0.416 e. The number of rotatable bonds is 8. The summed E-state index contributed by atoms with van der Waals surface area (Å²) >= 11 is 0. The lowest BCUT2D eigenvalue weighted by Crippen LogP contribution is -2.41. The van der Waals surface area contributed by atoms with E-state index in [4.69, 9.17) is 8.61 Å². The summed E-state index contributed by atoms with van der Waals surface area (Å²) in [5.74, 6) is 0. The maximum atomic E-state index is 10.9. The predicted octanol–water partition coefficient (Wildman–Crippen LogP) is 2.56. The monoisotopic (exact) mass is 360 g/mol. The second kappa shape index (κ2) is 7.83. The lowest BCUT2D eigenvalue weighted by atomic mass is 10.2. The fourth-order valence-corrected chi connectivity index (χ4v) is 3.05. The zero-order valence-corrected chi connectivity index (χ0v) is 16.7. The lowest BCUT2D eigenvalue weighted by molar-refractivity contribution is 0.290. The van der Waals surface area contributed by atoms with Gasteiger partial charge in [0, 0.05) is 31.8 Å². The Hall–Kier alpha value is -0.833. The fraction of sp³-hybridized carbons (Fsp3) is 0.733. The van der Waals surface area contributed by atoms with Gasteiger partial charge in [-0.2, -0.15) is 8.42 Å². The van der Waals surface area contributed by atoms with Crippen LogP contribution in [0.15, 0.2) is 12.4 Å². The van der Waals surface area contributed by atoms with Crippen LogP contribution in [0.4, 0.5) is 0 Å². The molecule has 0 aliphatic heterocycles. The molecular weight excluding hydrogens is 332 g/mol. The van der Waals surface area contributed by atoms with E-state index in [1.165, 1.54) is 0 Å². The predicted molar refractivity (Wildman–Crippen MR) is 93.4 cm³/mol. The maximum absolute atomic E-state index is 10.9. The van der Waals surface area contributed by atoms with Gasteiger partial charge < -0.3 is 4.43 Å². The van der Waals surface area contributed by atoms with E-state index < -0.39 is 18.4 Å². The molecule has 0 N–H and O–H groups in total. The van der Waals surface area contributed by atoms with Gasteiger partial charge in [-0.1, -0.05) is 20.8 Å². The van der Waals surface area contributed by atoms with E-state index in [1.54, 1.807) is 12.4 Å². The molecule has 1 rings (SSSR count). The van der Waals surface area contributed by atoms with Crippen molar-refractivity contribution >= 4 is 18.4 Å². The molecule has 0 aliphatic rings. The molecule has 6 nitrogen and oxygen atoms in total. The second-order valence-corrected chi connectivity index (χ2v) is 13.6. The summed E-state index contributed by atoms with van der Waals surface area (Å²) in [5, 5.41) is 0.184. The number of hydrogen-bond acceptors (Lipinski definition) is 6. The molecular formula is C15H28N2O4SSi. The van der Waals surface area contributed by atoms with Crippen LogP contribution in [0.2, 0.25) is 18.1 Å². The van der Waals surface area contributed by atoms with E-state index in [1.807, 2.05) is 0 Å². The Morgan fingerprint density at radius 3 is 2.09 bits per heavy atom. The molecule has 132 valence electrons. The highest BCUT2D eigenvalue weighted by molar-refractivity contribution is 7.85. The number of aromatic nitrogens is 2. The third kappa shape index (κ3) is 7.52. The van der Waals surface area contributed by atoms with Crippen LogP contribution in [0, 0.1) is 0 Å². The zero-order valence-electron chi connectivity index (χ0n) is 14.9. The van der Waals surface area contributed by atoms with Gasteiger partial charge in [-0.3, -0.25) is 14.2 Å². The highest BCUT2D eigenvalue weighted by Gasteiger charge is 2.36. The highest BCUT2D eigenvalue weighted by atomic mass is 32.2. The van der Waals surface area contributed by atoms with Crippen molar-refractivity contribution in [3.05, 3.63) is 23.8 Å². The summed E-state index contributed by atoms with van der Waals surface area (Å²) in [6, 6.07) is 0. The Bertz CT molecular complexity index is 612. The van der Waals surface area contributed by atoms with Gasteiger partial charge in [0.2, 0.25) is 0 Å². The SMILES string of the molecule is CC(C)(C)[Si](C)(C)OCCc1cncc(CCOS(C)(=O)=O)n1. The van der Waals surface area contributed by atoms with Crippen molar-refractivity contribution in [1.29, 1.82) is 0 Å². The summed E-state index contributed by atoms with van der Waals surface area (Å²) in [7, 11) is -5.16. The molecule has 0 aliphatic carbocycles. The van der Waals surface area contributed by atoms with Crippen LogP contribution in [-0.2, 0) is 31.6 Å². The topological polar surface area (TPSA) is 78.4 Å². The van der Waals surface area contributed by atoms with Gasteiger partial charge in [0.1, 0.15) is 0 Å². The molecule has 0 spiro atoms. The summed E-state index contributed by atoms with van der Waals surface area (Å²) in [5.41, 5.74) is 1.57. The van der Waals surface area contributed by atoms with Gasteiger partial charge in [0.25, 0.3) is 10.1 Å². The molecule has 1 heterocycles. The van der Waals surface area contributed by atoms with E-state index in [-0.39, 0.29) is 11.6 Å². The highest BCUT2D eigenvalue weighted by Crippen LogP contribution is 2.36.